The maximum absolute atomic E-state index is 12.5. The van der Waals surface area contributed by atoms with Crippen molar-refractivity contribution in [2.45, 2.75) is 33.9 Å². The van der Waals surface area contributed by atoms with Crippen LogP contribution in [0.15, 0.2) is 54.6 Å². The molecule has 1 aromatic heterocycles. The summed E-state index contributed by atoms with van der Waals surface area (Å²) in [6.07, 6.45) is 0. The zero-order valence-corrected chi connectivity index (χ0v) is 16.7. The Hall–Kier alpha value is -2.99. The summed E-state index contributed by atoms with van der Waals surface area (Å²) >= 11 is 0. The second kappa shape index (κ2) is 9.28. The Morgan fingerprint density at radius 2 is 1.61 bits per heavy atom. The number of aromatic nitrogens is 3. The Morgan fingerprint density at radius 1 is 0.964 bits per heavy atom. The zero-order chi connectivity index (χ0) is 19.9. The Kier molecular flexibility index (Phi) is 6.55. The van der Waals surface area contributed by atoms with Gasteiger partial charge in [0.25, 0.3) is 5.91 Å². The minimum atomic E-state index is -0.216. The third kappa shape index (κ3) is 4.84. The second-order valence-corrected chi connectivity index (χ2v) is 6.72. The highest BCUT2D eigenvalue weighted by Crippen LogP contribution is 2.10. The summed E-state index contributed by atoms with van der Waals surface area (Å²) in [6, 6.07) is 17.9. The number of aryl methyl sites for hydroxylation is 1. The molecular formula is C22H27N5O. The van der Waals surface area contributed by atoms with Crippen LogP contribution in [0.25, 0.3) is 5.69 Å². The molecule has 0 bridgehead atoms. The molecule has 6 nitrogen and oxygen atoms in total. The fourth-order valence-corrected chi connectivity index (χ4v) is 3.00. The van der Waals surface area contributed by atoms with Gasteiger partial charge in [-0.05, 0) is 43.3 Å². The van der Waals surface area contributed by atoms with E-state index in [1.807, 2.05) is 30.3 Å². The number of carbonyl (C=O) groups is 1. The van der Waals surface area contributed by atoms with Crippen molar-refractivity contribution in [3.8, 4) is 5.69 Å². The molecule has 0 aliphatic heterocycles. The van der Waals surface area contributed by atoms with Gasteiger partial charge in [0.1, 0.15) is 0 Å². The van der Waals surface area contributed by atoms with Crippen LogP contribution in [0.3, 0.4) is 0 Å². The van der Waals surface area contributed by atoms with Crippen molar-refractivity contribution in [3.05, 3.63) is 77.1 Å². The van der Waals surface area contributed by atoms with Gasteiger partial charge in [0.15, 0.2) is 5.69 Å². The topological polar surface area (TPSA) is 63.1 Å². The van der Waals surface area contributed by atoms with Gasteiger partial charge in [-0.2, -0.15) is 9.90 Å². The van der Waals surface area contributed by atoms with Gasteiger partial charge in [-0.15, -0.1) is 5.10 Å². The van der Waals surface area contributed by atoms with Gasteiger partial charge >= 0.3 is 0 Å². The first kappa shape index (κ1) is 19.8. The molecule has 0 aliphatic carbocycles. The van der Waals surface area contributed by atoms with E-state index in [1.54, 1.807) is 6.92 Å². The molecule has 3 rings (SSSR count). The van der Waals surface area contributed by atoms with E-state index in [0.717, 1.165) is 30.9 Å². The number of carbonyl (C=O) groups excluding carboxylic acids is 1. The smallest absolute Gasteiger partial charge is 0.274 e. The van der Waals surface area contributed by atoms with Crippen LogP contribution in [0.4, 0.5) is 0 Å². The molecule has 0 radical (unpaired) electrons. The van der Waals surface area contributed by atoms with Crippen molar-refractivity contribution in [1.82, 2.24) is 25.2 Å². The van der Waals surface area contributed by atoms with Crippen molar-refractivity contribution in [1.29, 1.82) is 0 Å². The average molecular weight is 377 g/mol. The Bertz CT molecular complexity index is 898. The van der Waals surface area contributed by atoms with Gasteiger partial charge in [-0.1, -0.05) is 56.3 Å². The summed E-state index contributed by atoms with van der Waals surface area (Å²) < 4.78 is 0. The SMILES string of the molecule is CCN(CC)Cc1ccc(CNC(=O)c2nn(-c3ccccc3)nc2C)cc1. The molecule has 0 atom stereocenters. The second-order valence-electron chi connectivity index (χ2n) is 6.72. The van der Waals surface area contributed by atoms with E-state index >= 15 is 0 Å². The molecule has 0 unspecified atom stereocenters. The van der Waals surface area contributed by atoms with Crippen LogP contribution < -0.4 is 5.32 Å². The van der Waals surface area contributed by atoms with Crippen LogP contribution in [0.1, 0.15) is 41.2 Å². The molecule has 0 spiro atoms. The maximum Gasteiger partial charge on any atom is 0.274 e. The first-order chi connectivity index (χ1) is 13.6. The normalized spacial score (nSPS) is 11.0. The lowest BCUT2D eigenvalue weighted by Gasteiger charge is -2.18. The van der Waals surface area contributed by atoms with Crippen LogP contribution in [0, 0.1) is 6.92 Å². The molecule has 0 aliphatic rings. The van der Waals surface area contributed by atoms with Gasteiger partial charge in [-0.25, -0.2) is 0 Å². The molecule has 6 heteroatoms. The lowest BCUT2D eigenvalue weighted by molar-refractivity contribution is 0.0945. The fourth-order valence-electron chi connectivity index (χ4n) is 3.00. The third-order valence-corrected chi connectivity index (χ3v) is 4.76. The number of nitrogens with zero attached hydrogens (tertiary/aromatic N) is 4. The Balaban J connectivity index is 1.61. The van der Waals surface area contributed by atoms with Crippen LogP contribution in [-0.2, 0) is 13.1 Å². The lowest BCUT2D eigenvalue weighted by Crippen LogP contribution is -2.24. The fraction of sp³-hybridized carbons (Fsp3) is 0.318. The molecule has 0 saturated carbocycles. The molecule has 1 heterocycles. The molecule has 3 aromatic rings. The minimum Gasteiger partial charge on any atom is -0.347 e. The maximum atomic E-state index is 12.5. The van der Waals surface area contributed by atoms with Crippen LogP contribution in [0.5, 0.6) is 0 Å². The van der Waals surface area contributed by atoms with Gasteiger partial charge in [0, 0.05) is 13.1 Å². The highest BCUT2D eigenvalue weighted by Gasteiger charge is 2.16. The highest BCUT2D eigenvalue weighted by atomic mass is 16.2. The molecular weight excluding hydrogens is 350 g/mol. The molecule has 1 amide bonds. The summed E-state index contributed by atoms with van der Waals surface area (Å²) in [7, 11) is 0. The molecule has 0 fully saturated rings. The minimum absolute atomic E-state index is 0.216. The van der Waals surface area contributed by atoms with Gasteiger partial charge in [0.2, 0.25) is 0 Å². The van der Waals surface area contributed by atoms with E-state index in [-0.39, 0.29) is 5.91 Å². The van der Waals surface area contributed by atoms with Gasteiger partial charge in [-0.3, -0.25) is 9.69 Å². The van der Waals surface area contributed by atoms with Crippen LogP contribution >= 0.6 is 0 Å². The average Bonchev–Trinajstić information content (AvgIpc) is 3.13. The van der Waals surface area contributed by atoms with E-state index in [0.29, 0.717) is 17.9 Å². The van der Waals surface area contributed by atoms with E-state index in [9.17, 15) is 4.79 Å². The quantitative estimate of drug-likeness (QED) is 0.654. The number of benzene rings is 2. The monoisotopic (exact) mass is 377 g/mol. The van der Waals surface area contributed by atoms with E-state index in [2.05, 4.69) is 58.5 Å². The number of nitrogens with one attached hydrogen (secondary N) is 1. The lowest BCUT2D eigenvalue weighted by atomic mass is 10.1. The first-order valence-electron chi connectivity index (χ1n) is 9.68. The zero-order valence-electron chi connectivity index (χ0n) is 16.7. The van der Waals surface area contributed by atoms with Crippen LogP contribution in [-0.4, -0.2) is 38.9 Å². The van der Waals surface area contributed by atoms with Crippen molar-refractivity contribution >= 4 is 5.91 Å². The number of amides is 1. The van der Waals surface area contributed by atoms with Crippen molar-refractivity contribution in [3.63, 3.8) is 0 Å². The van der Waals surface area contributed by atoms with E-state index in [1.165, 1.54) is 10.4 Å². The molecule has 146 valence electrons. The van der Waals surface area contributed by atoms with Crippen molar-refractivity contribution in [2.75, 3.05) is 13.1 Å². The van der Waals surface area contributed by atoms with Crippen molar-refractivity contribution < 1.29 is 4.79 Å². The summed E-state index contributed by atoms with van der Waals surface area (Å²) in [4.78, 5) is 16.4. The van der Waals surface area contributed by atoms with Crippen molar-refractivity contribution in [2.24, 2.45) is 0 Å². The van der Waals surface area contributed by atoms with Gasteiger partial charge in [0.05, 0.1) is 11.4 Å². The van der Waals surface area contributed by atoms with Gasteiger partial charge < -0.3 is 5.32 Å². The molecule has 0 saturated heterocycles. The highest BCUT2D eigenvalue weighted by molar-refractivity contribution is 5.93. The standard InChI is InChI=1S/C22H27N5O/c1-4-26(5-2)16-19-13-11-18(12-14-19)15-23-22(28)21-17(3)24-27(25-21)20-9-7-6-8-10-20/h6-14H,4-5,15-16H2,1-3H3,(H,23,28). The number of hydrogen-bond acceptors (Lipinski definition) is 4. The Labute approximate surface area is 166 Å². The van der Waals surface area contributed by atoms with E-state index < -0.39 is 0 Å². The van der Waals surface area contributed by atoms with E-state index in [4.69, 9.17) is 0 Å². The summed E-state index contributed by atoms with van der Waals surface area (Å²) in [5.41, 5.74) is 4.12. The predicted molar refractivity (Wildman–Crippen MR) is 110 cm³/mol. The predicted octanol–water partition coefficient (Wildman–Crippen LogP) is 3.35. The molecule has 1 N–H and O–H groups in total. The summed E-state index contributed by atoms with van der Waals surface area (Å²) in [6.45, 7) is 9.62. The Morgan fingerprint density at radius 3 is 2.25 bits per heavy atom. The summed E-state index contributed by atoms with van der Waals surface area (Å²) in [5.74, 6) is -0.216. The number of hydrogen-bond donors (Lipinski definition) is 1. The third-order valence-electron chi connectivity index (χ3n) is 4.76. The number of para-hydroxylation sites is 1. The largest absolute Gasteiger partial charge is 0.347 e. The number of rotatable bonds is 8. The molecule has 28 heavy (non-hydrogen) atoms. The summed E-state index contributed by atoms with van der Waals surface area (Å²) in [5, 5.41) is 11.6. The molecule has 2 aromatic carbocycles. The first-order valence-corrected chi connectivity index (χ1v) is 9.68. The van der Waals surface area contributed by atoms with Crippen LogP contribution in [0.2, 0.25) is 0 Å².